The maximum atomic E-state index is 8.77. The normalized spacial score (nSPS) is 9.44. The second-order valence-electron chi connectivity index (χ2n) is 1.62. The van der Waals surface area contributed by atoms with Gasteiger partial charge in [-0.05, 0) is 13.3 Å². The van der Waals surface area contributed by atoms with Gasteiger partial charge in [-0.2, -0.15) is 0 Å². The van der Waals surface area contributed by atoms with E-state index in [0.29, 0.717) is 6.42 Å². The molecule has 1 aromatic rings. The van der Waals surface area contributed by atoms with E-state index in [1.54, 1.807) is 0 Å². The largest absolute Gasteiger partial charge is 0.493 e. The molecule has 0 fully saturated rings. The highest BCUT2D eigenvalue weighted by Gasteiger charge is 1.90. The minimum atomic E-state index is 0.00338. The third-order valence-corrected chi connectivity index (χ3v) is 0.965. The Kier molecular flexibility index (Phi) is 1.63. The summed E-state index contributed by atoms with van der Waals surface area (Å²) in [7, 11) is 0. The van der Waals surface area contributed by atoms with Crippen LogP contribution in [0.3, 0.4) is 0 Å². The number of rotatable bonds is 1. The molecule has 1 aromatic heterocycles. The van der Waals surface area contributed by atoms with Crippen molar-refractivity contribution >= 4 is 0 Å². The zero-order chi connectivity index (χ0) is 6.69. The highest BCUT2D eigenvalue weighted by Crippen LogP contribution is 2.02. The maximum Gasteiger partial charge on any atom is 0.214 e. The van der Waals surface area contributed by atoms with E-state index >= 15 is 0 Å². The number of aromatic nitrogens is 2. The van der Waals surface area contributed by atoms with E-state index in [1.807, 2.05) is 0 Å². The fraction of sp³-hybridized carbons (Fsp3) is 0.167. The predicted molar refractivity (Wildman–Crippen MR) is 32.8 cm³/mol. The molecule has 47 valence electrons. The first-order chi connectivity index (χ1) is 4.33. The van der Waals surface area contributed by atoms with Gasteiger partial charge in [0.25, 0.3) is 0 Å². The molecule has 0 amide bonds. The molecule has 1 heterocycles. The second kappa shape index (κ2) is 2.44. The number of hydrogen-bond donors (Lipinski definition) is 1. The van der Waals surface area contributed by atoms with E-state index in [2.05, 4.69) is 16.9 Å². The van der Waals surface area contributed by atoms with Crippen molar-refractivity contribution in [2.45, 2.75) is 6.42 Å². The average Bonchev–Trinajstić information content (AvgIpc) is 1.88. The van der Waals surface area contributed by atoms with Crippen LogP contribution in [-0.4, -0.2) is 15.1 Å². The molecular weight excluding hydrogens is 116 g/mol. The summed E-state index contributed by atoms with van der Waals surface area (Å²) in [6.45, 7) is 3.60. The van der Waals surface area contributed by atoms with Crippen LogP contribution in [0.15, 0.2) is 12.4 Å². The lowest BCUT2D eigenvalue weighted by Gasteiger charge is -1.92. The number of hydrogen-bond acceptors (Lipinski definition) is 3. The van der Waals surface area contributed by atoms with Gasteiger partial charge in [-0.25, -0.2) is 9.97 Å². The van der Waals surface area contributed by atoms with Crippen LogP contribution in [0, 0.1) is 6.92 Å². The Labute approximate surface area is 53.4 Å². The molecule has 0 bridgehead atoms. The Balaban J connectivity index is 2.94. The highest BCUT2D eigenvalue weighted by atomic mass is 16.3. The van der Waals surface area contributed by atoms with Gasteiger partial charge in [-0.15, -0.1) is 0 Å². The number of nitrogens with zero attached hydrogens (tertiary/aromatic N) is 2. The summed E-state index contributed by atoms with van der Waals surface area (Å²) < 4.78 is 0. The topological polar surface area (TPSA) is 46.0 Å². The molecule has 0 aliphatic heterocycles. The Hall–Kier alpha value is -1.12. The minimum Gasteiger partial charge on any atom is -0.493 e. The molecule has 0 aromatic carbocycles. The van der Waals surface area contributed by atoms with Gasteiger partial charge in [0.05, 0.1) is 0 Å². The van der Waals surface area contributed by atoms with E-state index < -0.39 is 0 Å². The summed E-state index contributed by atoms with van der Waals surface area (Å²) in [5.74, 6) is 0.00338. The van der Waals surface area contributed by atoms with Gasteiger partial charge in [-0.1, -0.05) is 0 Å². The molecule has 3 heteroatoms. The van der Waals surface area contributed by atoms with Crippen LogP contribution < -0.4 is 0 Å². The molecule has 1 N–H and O–H groups in total. The van der Waals surface area contributed by atoms with Gasteiger partial charge in [0, 0.05) is 11.8 Å². The molecular formula is C6H7N2O. The van der Waals surface area contributed by atoms with Gasteiger partial charge < -0.3 is 5.11 Å². The molecule has 0 saturated heterocycles. The third-order valence-electron chi connectivity index (χ3n) is 0.965. The van der Waals surface area contributed by atoms with Crippen LogP contribution in [0.1, 0.15) is 5.69 Å². The summed E-state index contributed by atoms with van der Waals surface area (Å²) >= 11 is 0. The predicted octanol–water partition coefficient (Wildman–Crippen LogP) is 0.559. The van der Waals surface area contributed by atoms with E-state index in [1.165, 1.54) is 12.4 Å². The Morgan fingerprint density at radius 3 is 2.78 bits per heavy atom. The molecule has 3 nitrogen and oxygen atoms in total. The Morgan fingerprint density at radius 2 is 2.33 bits per heavy atom. The lowest BCUT2D eigenvalue weighted by molar-refractivity contribution is 0.451. The zero-order valence-corrected chi connectivity index (χ0v) is 4.91. The summed E-state index contributed by atoms with van der Waals surface area (Å²) in [6.07, 6.45) is 1.89. The number of aromatic hydroxyl groups is 1. The summed E-state index contributed by atoms with van der Waals surface area (Å²) in [5.41, 5.74) is 0.752. The highest BCUT2D eigenvalue weighted by molar-refractivity contribution is 5.11. The monoisotopic (exact) mass is 123 g/mol. The van der Waals surface area contributed by atoms with Crippen LogP contribution in [0.25, 0.3) is 0 Å². The first-order valence-corrected chi connectivity index (χ1v) is 2.62. The smallest absolute Gasteiger partial charge is 0.214 e. The van der Waals surface area contributed by atoms with Gasteiger partial charge in [0.2, 0.25) is 5.88 Å². The molecule has 0 atom stereocenters. The molecule has 0 unspecified atom stereocenters. The SMILES string of the molecule is [CH2]Cc1cc(O)ncn1. The van der Waals surface area contributed by atoms with Crippen molar-refractivity contribution < 1.29 is 5.11 Å². The fourth-order valence-corrected chi connectivity index (χ4v) is 0.522. The molecule has 0 aliphatic carbocycles. The van der Waals surface area contributed by atoms with Crippen molar-refractivity contribution in [3.8, 4) is 5.88 Å². The second-order valence-corrected chi connectivity index (χ2v) is 1.62. The molecule has 1 radical (unpaired) electrons. The molecule has 9 heavy (non-hydrogen) atoms. The zero-order valence-electron chi connectivity index (χ0n) is 4.91. The van der Waals surface area contributed by atoms with Crippen LogP contribution in [0.2, 0.25) is 0 Å². The standard InChI is InChI=1S/C6H7N2O/c1-2-5-3-6(9)8-4-7-5/h3-4H,1-2H2,(H,7,8,9). The lowest BCUT2D eigenvalue weighted by atomic mass is 10.3. The summed E-state index contributed by atoms with van der Waals surface area (Å²) in [5, 5.41) is 8.77. The van der Waals surface area contributed by atoms with Crippen molar-refractivity contribution in [2.24, 2.45) is 0 Å². The fourth-order valence-electron chi connectivity index (χ4n) is 0.522. The summed E-state index contributed by atoms with van der Waals surface area (Å²) in [4.78, 5) is 7.33. The van der Waals surface area contributed by atoms with Crippen LogP contribution in [0.5, 0.6) is 5.88 Å². The van der Waals surface area contributed by atoms with Gasteiger partial charge >= 0.3 is 0 Å². The minimum absolute atomic E-state index is 0.00338. The van der Waals surface area contributed by atoms with Crippen molar-refractivity contribution in [3.63, 3.8) is 0 Å². The van der Waals surface area contributed by atoms with E-state index in [9.17, 15) is 0 Å². The van der Waals surface area contributed by atoms with Crippen LogP contribution >= 0.6 is 0 Å². The van der Waals surface area contributed by atoms with Crippen molar-refractivity contribution in [2.75, 3.05) is 0 Å². The van der Waals surface area contributed by atoms with Gasteiger partial charge in [0.1, 0.15) is 6.33 Å². The van der Waals surface area contributed by atoms with E-state index in [0.717, 1.165) is 5.69 Å². The molecule has 1 rings (SSSR count). The van der Waals surface area contributed by atoms with E-state index in [-0.39, 0.29) is 5.88 Å². The molecule has 0 spiro atoms. The lowest BCUT2D eigenvalue weighted by Crippen LogP contribution is -1.86. The maximum absolute atomic E-state index is 8.77. The van der Waals surface area contributed by atoms with E-state index in [4.69, 9.17) is 5.11 Å². The van der Waals surface area contributed by atoms with Crippen molar-refractivity contribution in [3.05, 3.63) is 25.0 Å². The molecule has 0 saturated carbocycles. The van der Waals surface area contributed by atoms with Gasteiger partial charge in [0.15, 0.2) is 0 Å². The van der Waals surface area contributed by atoms with Crippen molar-refractivity contribution in [1.82, 2.24) is 9.97 Å². The first kappa shape index (κ1) is 6.01. The third kappa shape index (κ3) is 1.38. The molecule has 0 aliphatic rings. The van der Waals surface area contributed by atoms with Crippen LogP contribution in [0.4, 0.5) is 0 Å². The Bertz CT molecular complexity index is 200. The first-order valence-electron chi connectivity index (χ1n) is 2.62. The average molecular weight is 123 g/mol. The van der Waals surface area contributed by atoms with Gasteiger partial charge in [-0.3, -0.25) is 0 Å². The quantitative estimate of drug-likeness (QED) is 0.593. The summed E-state index contributed by atoms with van der Waals surface area (Å²) in [6, 6.07) is 1.49. The van der Waals surface area contributed by atoms with Crippen LogP contribution in [-0.2, 0) is 6.42 Å². The Morgan fingerprint density at radius 1 is 1.56 bits per heavy atom. The van der Waals surface area contributed by atoms with Crippen molar-refractivity contribution in [1.29, 1.82) is 0 Å².